The van der Waals surface area contributed by atoms with Crippen molar-refractivity contribution in [1.82, 2.24) is 14.9 Å². The van der Waals surface area contributed by atoms with Gasteiger partial charge in [-0.3, -0.25) is 9.59 Å². The third-order valence-electron chi connectivity index (χ3n) is 4.28. The quantitative estimate of drug-likeness (QED) is 0.633. The van der Waals surface area contributed by atoms with Gasteiger partial charge >= 0.3 is 5.97 Å². The largest absolute Gasteiger partial charge is 0.481 e. The van der Waals surface area contributed by atoms with E-state index in [0.29, 0.717) is 19.4 Å². The average Bonchev–Trinajstić information content (AvgIpc) is 2.93. The van der Waals surface area contributed by atoms with Gasteiger partial charge in [-0.25, -0.2) is 9.97 Å². The van der Waals surface area contributed by atoms with Gasteiger partial charge in [-0.1, -0.05) is 11.8 Å². The average molecular weight is 337 g/mol. The van der Waals surface area contributed by atoms with E-state index in [0.717, 1.165) is 34.9 Å². The fraction of sp³-hybridized carbons (Fsp3) is 0.625. The molecule has 0 aliphatic carbocycles. The second-order valence-corrected chi connectivity index (χ2v) is 6.61. The Bertz CT molecular complexity index is 583. The van der Waals surface area contributed by atoms with E-state index in [1.807, 2.05) is 20.1 Å². The molecule has 1 N–H and O–H groups in total. The first kappa shape index (κ1) is 17.7. The van der Waals surface area contributed by atoms with Crippen LogP contribution in [0.4, 0.5) is 0 Å². The lowest BCUT2D eigenvalue weighted by Gasteiger charge is -2.23. The summed E-state index contributed by atoms with van der Waals surface area (Å²) in [5, 5.41) is 9.69. The molecule has 1 amide bonds. The van der Waals surface area contributed by atoms with Crippen molar-refractivity contribution >= 4 is 23.6 Å². The molecule has 1 aliphatic rings. The summed E-state index contributed by atoms with van der Waals surface area (Å²) >= 11 is 1.50. The molecule has 0 bridgehead atoms. The van der Waals surface area contributed by atoms with Crippen LogP contribution in [0.15, 0.2) is 5.16 Å². The minimum Gasteiger partial charge on any atom is -0.481 e. The van der Waals surface area contributed by atoms with Crippen molar-refractivity contribution in [3.63, 3.8) is 0 Å². The summed E-state index contributed by atoms with van der Waals surface area (Å²) in [5.74, 6) is -0.816. The van der Waals surface area contributed by atoms with Crippen molar-refractivity contribution < 1.29 is 14.7 Å². The Balaban J connectivity index is 2.00. The van der Waals surface area contributed by atoms with E-state index < -0.39 is 5.97 Å². The maximum absolute atomic E-state index is 12.4. The lowest BCUT2D eigenvalue weighted by atomic mass is 10.1. The molecular formula is C16H23N3O3S. The number of aryl methyl sites for hydroxylation is 2. The van der Waals surface area contributed by atoms with Gasteiger partial charge in [0.15, 0.2) is 5.16 Å². The van der Waals surface area contributed by atoms with Crippen LogP contribution < -0.4 is 0 Å². The normalized spacial score (nSPS) is 17.5. The molecule has 1 aliphatic heterocycles. The van der Waals surface area contributed by atoms with Gasteiger partial charge in [-0.15, -0.1) is 0 Å². The van der Waals surface area contributed by atoms with Crippen LogP contribution in [0.3, 0.4) is 0 Å². The lowest BCUT2D eigenvalue weighted by Crippen LogP contribution is -2.37. The number of hydrogen-bond acceptors (Lipinski definition) is 5. The number of carbonyl (C=O) groups is 2. The molecule has 1 unspecified atom stereocenters. The van der Waals surface area contributed by atoms with E-state index in [1.165, 1.54) is 11.8 Å². The molecule has 7 heteroatoms. The van der Waals surface area contributed by atoms with Crippen molar-refractivity contribution in [2.45, 2.75) is 57.1 Å². The van der Waals surface area contributed by atoms with Crippen LogP contribution >= 0.6 is 11.8 Å². The minimum absolute atomic E-state index is 0.0292. The molecule has 1 atom stereocenters. The first-order valence-corrected chi connectivity index (χ1v) is 9.04. The van der Waals surface area contributed by atoms with E-state index in [4.69, 9.17) is 5.11 Å². The second kappa shape index (κ2) is 7.77. The highest BCUT2D eigenvalue weighted by Gasteiger charge is 2.30. The lowest BCUT2D eigenvalue weighted by molar-refractivity contribution is -0.139. The Morgan fingerprint density at radius 1 is 1.30 bits per heavy atom. The minimum atomic E-state index is -0.845. The highest BCUT2D eigenvalue weighted by molar-refractivity contribution is 7.98. The van der Waals surface area contributed by atoms with Gasteiger partial charge in [-0.2, -0.15) is 0 Å². The van der Waals surface area contributed by atoms with Gasteiger partial charge in [0.2, 0.25) is 5.91 Å². The van der Waals surface area contributed by atoms with Crippen LogP contribution in [0.5, 0.6) is 0 Å². The zero-order valence-electron chi connectivity index (χ0n) is 13.8. The summed E-state index contributed by atoms with van der Waals surface area (Å²) in [5.41, 5.74) is 2.85. The summed E-state index contributed by atoms with van der Waals surface area (Å²) < 4.78 is 0. The maximum Gasteiger partial charge on any atom is 0.305 e. The van der Waals surface area contributed by atoms with Crippen molar-refractivity contribution in [2.75, 3.05) is 12.8 Å². The van der Waals surface area contributed by atoms with Crippen molar-refractivity contribution in [1.29, 1.82) is 0 Å². The maximum atomic E-state index is 12.4. The first-order chi connectivity index (χ1) is 10.9. The van der Waals surface area contributed by atoms with E-state index in [2.05, 4.69) is 9.97 Å². The Kier molecular flexibility index (Phi) is 5.98. The second-order valence-electron chi connectivity index (χ2n) is 5.84. The molecule has 1 aromatic rings. The highest BCUT2D eigenvalue weighted by atomic mass is 32.2. The Morgan fingerprint density at radius 2 is 1.96 bits per heavy atom. The standard InChI is InChI=1S/C16H23N3O3S/c1-10-13(11(2)18-16(17-10)23-3)6-7-14(20)19-8-4-5-12(19)9-15(21)22/h12H,4-9H2,1-3H3,(H,21,22). The molecule has 23 heavy (non-hydrogen) atoms. The van der Waals surface area contributed by atoms with Gasteiger partial charge in [0.1, 0.15) is 0 Å². The molecule has 1 aromatic heterocycles. The van der Waals surface area contributed by atoms with Crippen molar-refractivity contribution in [2.24, 2.45) is 0 Å². The Morgan fingerprint density at radius 3 is 2.52 bits per heavy atom. The van der Waals surface area contributed by atoms with E-state index in [1.54, 1.807) is 4.90 Å². The summed E-state index contributed by atoms with van der Waals surface area (Å²) in [6.45, 7) is 4.55. The van der Waals surface area contributed by atoms with Gasteiger partial charge in [-0.05, 0) is 44.9 Å². The number of nitrogens with zero attached hydrogens (tertiary/aromatic N) is 3. The van der Waals surface area contributed by atoms with Gasteiger partial charge in [0.05, 0.1) is 6.42 Å². The zero-order chi connectivity index (χ0) is 17.0. The number of aromatic nitrogens is 2. The van der Waals surface area contributed by atoms with Gasteiger partial charge < -0.3 is 10.0 Å². The molecule has 1 saturated heterocycles. The van der Waals surface area contributed by atoms with E-state index in [-0.39, 0.29) is 18.4 Å². The molecule has 0 radical (unpaired) electrons. The number of hydrogen-bond donors (Lipinski definition) is 1. The Hall–Kier alpha value is -1.63. The van der Waals surface area contributed by atoms with Gasteiger partial charge in [0, 0.05) is 30.4 Å². The smallest absolute Gasteiger partial charge is 0.305 e. The number of carbonyl (C=O) groups excluding carboxylic acids is 1. The SMILES string of the molecule is CSc1nc(C)c(CCC(=O)N2CCCC2CC(=O)O)c(C)n1. The third kappa shape index (κ3) is 4.43. The zero-order valence-corrected chi connectivity index (χ0v) is 14.7. The number of aliphatic carboxylic acids is 1. The molecule has 6 nitrogen and oxygen atoms in total. The van der Waals surface area contributed by atoms with Crippen molar-refractivity contribution in [3.05, 3.63) is 17.0 Å². The van der Waals surface area contributed by atoms with Crippen LogP contribution in [0.25, 0.3) is 0 Å². The number of thioether (sulfide) groups is 1. The number of rotatable bonds is 6. The van der Waals surface area contributed by atoms with Crippen LogP contribution in [0.2, 0.25) is 0 Å². The van der Waals surface area contributed by atoms with Gasteiger partial charge in [0.25, 0.3) is 0 Å². The summed E-state index contributed by atoms with van der Waals surface area (Å²) in [7, 11) is 0. The van der Waals surface area contributed by atoms with Crippen LogP contribution in [-0.4, -0.2) is 50.7 Å². The first-order valence-electron chi connectivity index (χ1n) is 7.81. The van der Waals surface area contributed by atoms with Crippen LogP contribution in [0, 0.1) is 13.8 Å². The molecule has 2 rings (SSSR count). The molecule has 126 valence electrons. The molecular weight excluding hydrogens is 314 g/mol. The summed E-state index contributed by atoms with van der Waals surface area (Å²) in [4.78, 5) is 33.9. The molecule has 1 fully saturated rings. The number of carboxylic acids is 1. The fourth-order valence-electron chi connectivity index (χ4n) is 3.12. The Labute approximate surface area is 140 Å². The molecule has 2 heterocycles. The highest BCUT2D eigenvalue weighted by Crippen LogP contribution is 2.23. The van der Waals surface area contributed by atoms with E-state index in [9.17, 15) is 9.59 Å². The predicted octanol–water partition coefficient (Wildman–Crippen LogP) is 2.21. The third-order valence-corrected chi connectivity index (χ3v) is 4.83. The predicted molar refractivity (Wildman–Crippen MR) is 88.6 cm³/mol. The molecule has 0 saturated carbocycles. The van der Waals surface area contributed by atoms with E-state index >= 15 is 0 Å². The summed E-state index contributed by atoms with van der Waals surface area (Å²) in [6, 6.07) is -0.155. The number of carboxylic acid groups (broad SMARTS) is 1. The van der Waals surface area contributed by atoms with Crippen molar-refractivity contribution in [3.8, 4) is 0 Å². The monoisotopic (exact) mass is 337 g/mol. The molecule has 0 aromatic carbocycles. The number of likely N-dealkylation sites (tertiary alicyclic amines) is 1. The topological polar surface area (TPSA) is 83.4 Å². The fourth-order valence-corrected chi connectivity index (χ4v) is 3.57. The summed E-state index contributed by atoms with van der Waals surface area (Å²) in [6.07, 6.45) is 4.61. The number of amides is 1. The molecule has 0 spiro atoms. The van der Waals surface area contributed by atoms with Crippen LogP contribution in [-0.2, 0) is 16.0 Å². The van der Waals surface area contributed by atoms with Crippen LogP contribution in [0.1, 0.15) is 42.6 Å².